The summed E-state index contributed by atoms with van der Waals surface area (Å²) in [5.41, 5.74) is -7.10. The van der Waals surface area contributed by atoms with Gasteiger partial charge < -0.3 is 14.6 Å². The van der Waals surface area contributed by atoms with E-state index in [0.717, 1.165) is 6.92 Å². The molecule has 4 saturated carbocycles. The van der Waals surface area contributed by atoms with E-state index >= 15 is 0 Å². The van der Waals surface area contributed by atoms with Crippen LogP contribution in [0.25, 0.3) is 0 Å². The number of fused-ring (bicyclic) bond motifs is 3. The maximum atomic E-state index is 13.1. The average Bonchev–Trinajstić information content (AvgIpc) is 3.61. The Kier molecular flexibility index (Phi) is 7.99. The molecule has 5 fully saturated rings. The van der Waals surface area contributed by atoms with Crippen LogP contribution in [0.3, 0.4) is 0 Å². The summed E-state index contributed by atoms with van der Waals surface area (Å²) in [6, 6.07) is 0. The summed E-state index contributed by atoms with van der Waals surface area (Å²) in [4.78, 5) is 23.6. The summed E-state index contributed by atoms with van der Waals surface area (Å²) in [7, 11) is 0. The molecule has 1 saturated heterocycles. The zero-order valence-electron chi connectivity index (χ0n) is 23.0. The number of esters is 2. The van der Waals surface area contributed by atoms with Gasteiger partial charge in [-0.15, -0.1) is 0 Å². The number of ether oxygens (including phenoxy) is 2. The number of carbonyl (C=O) groups is 2. The Morgan fingerprint density at radius 1 is 0.878 bits per heavy atom. The van der Waals surface area contributed by atoms with Gasteiger partial charge >= 0.3 is 30.5 Å². The molecule has 0 aromatic heterocycles. The molecular weight excluding hydrogens is 575 g/mol. The standard InChI is InChI=1S/C14H17F3O4.C13H18F6O/c1-3-13(2,14(15,16)17)12(19)21-9-6-4-7-8(5-6)11(18)20-10(7)9;1-6-7(2)10-4-8(6)3-9(10)5-11(20,12(14,15)16)13(17,18)19/h6-10H,3-5H2,1-2H3;6-10,20H,3-5H2,1-2H3. The second-order valence-corrected chi connectivity index (χ2v) is 12.9. The van der Waals surface area contributed by atoms with Crippen molar-refractivity contribution in [1.29, 1.82) is 0 Å². The van der Waals surface area contributed by atoms with Crippen molar-refractivity contribution in [2.45, 2.75) is 103 Å². The van der Waals surface area contributed by atoms with E-state index in [1.54, 1.807) is 0 Å². The van der Waals surface area contributed by atoms with E-state index in [4.69, 9.17) is 9.47 Å². The summed E-state index contributed by atoms with van der Waals surface area (Å²) in [6.07, 6.45) is -16.7. The number of aliphatic hydroxyl groups is 1. The second kappa shape index (κ2) is 10.2. The van der Waals surface area contributed by atoms with Crippen LogP contribution in [-0.2, 0) is 19.1 Å². The first-order valence-electron chi connectivity index (χ1n) is 13.9. The van der Waals surface area contributed by atoms with Gasteiger partial charge in [0.1, 0.15) is 12.2 Å². The molecule has 1 N–H and O–H groups in total. The molecule has 11 unspecified atom stereocenters. The number of rotatable bonds is 5. The number of carbonyl (C=O) groups excluding carboxylic acids is 2. The van der Waals surface area contributed by atoms with Gasteiger partial charge in [0.2, 0.25) is 0 Å². The fraction of sp³-hybridized carbons (Fsp3) is 0.926. The Labute approximate surface area is 231 Å². The minimum atomic E-state index is -5.69. The van der Waals surface area contributed by atoms with Crippen LogP contribution in [0, 0.1) is 52.8 Å². The molecule has 5 rings (SSSR count). The highest BCUT2D eigenvalue weighted by atomic mass is 19.4. The lowest BCUT2D eigenvalue weighted by Crippen LogP contribution is -2.58. The lowest BCUT2D eigenvalue weighted by atomic mass is 9.72. The SMILES string of the molecule is CC1C2CC(CC(O)(C(F)(F)F)C(F)(F)F)C(C2)C1C.CCC(C)(C(=O)OC1C2CC3C(=O)OC1C3C2)C(F)(F)F. The first-order chi connectivity index (χ1) is 18.6. The molecule has 0 aromatic carbocycles. The van der Waals surface area contributed by atoms with Gasteiger partial charge in [0.15, 0.2) is 5.41 Å². The maximum Gasteiger partial charge on any atom is 0.426 e. The molecule has 1 aliphatic heterocycles. The molecule has 4 bridgehead atoms. The summed E-state index contributed by atoms with van der Waals surface area (Å²) >= 11 is 0. The highest BCUT2D eigenvalue weighted by Crippen LogP contribution is 2.59. The molecular formula is C27H35F9O5. The third kappa shape index (κ3) is 5.11. The third-order valence-electron chi connectivity index (χ3n) is 11.0. The largest absolute Gasteiger partial charge is 0.458 e. The van der Waals surface area contributed by atoms with Crippen LogP contribution in [0.2, 0.25) is 0 Å². The minimum absolute atomic E-state index is 0.000862. The van der Waals surface area contributed by atoms with Gasteiger partial charge in [-0.1, -0.05) is 20.8 Å². The van der Waals surface area contributed by atoms with Crippen molar-refractivity contribution >= 4 is 11.9 Å². The van der Waals surface area contributed by atoms with Crippen LogP contribution in [0.5, 0.6) is 0 Å². The quantitative estimate of drug-likeness (QED) is 0.280. The first-order valence-corrected chi connectivity index (χ1v) is 13.9. The van der Waals surface area contributed by atoms with Crippen LogP contribution >= 0.6 is 0 Å². The molecule has 4 aliphatic carbocycles. The number of alkyl halides is 9. The molecule has 0 radical (unpaired) electrons. The molecule has 0 aromatic rings. The minimum Gasteiger partial charge on any atom is -0.458 e. The normalized spacial score (nSPS) is 39.3. The van der Waals surface area contributed by atoms with Crippen LogP contribution < -0.4 is 0 Å². The van der Waals surface area contributed by atoms with Gasteiger partial charge in [-0.2, -0.15) is 39.5 Å². The van der Waals surface area contributed by atoms with E-state index in [2.05, 4.69) is 0 Å². The van der Waals surface area contributed by atoms with Crippen molar-refractivity contribution in [1.82, 2.24) is 0 Å². The lowest BCUT2D eigenvalue weighted by Gasteiger charge is -2.39. The highest BCUT2D eigenvalue weighted by Gasteiger charge is 2.71. The van der Waals surface area contributed by atoms with E-state index in [1.807, 2.05) is 13.8 Å². The van der Waals surface area contributed by atoms with Crippen molar-refractivity contribution in [3.63, 3.8) is 0 Å². The van der Waals surface area contributed by atoms with E-state index in [1.165, 1.54) is 6.92 Å². The third-order valence-corrected chi connectivity index (χ3v) is 11.0. The average molecular weight is 611 g/mol. The van der Waals surface area contributed by atoms with Gasteiger partial charge in [-0.25, -0.2) is 0 Å². The smallest absolute Gasteiger partial charge is 0.426 e. The predicted octanol–water partition coefficient (Wildman–Crippen LogP) is 6.62. The number of hydrogen-bond acceptors (Lipinski definition) is 5. The molecule has 1 heterocycles. The van der Waals surface area contributed by atoms with Gasteiger partial charge in [0.25, 0.3) is 5.60 Å². The fourth-order valence-corrected chi connectivity index (χ4v) is 7.88. The number of hydrogen-bond donors (Lipinski definition) is 1. The molecule has 0 spiro atoms. The van der Waals surface area contributed by atoms with Crippen molar-refractivity contribution in [3.8, 4) is 0 Å². The molecule has 236 valence electrons. The van der Waals surface area contributed by atoms with E-state index in [0.29, 0.717) is 31.6 Å². The van der Waals surface area contributed by atoms with Crippen molar-refractivity contribution in [2.75, 3.05) is 0 Å². The number of halogens is 9. The van der Waals surface area contributed by atoms with Gasteiger partial charge in [0.05, 0.1) is 5.92 Å². The maximum absolute atomic E-state index is 13.1. The van der Waals surface area contributed by atoms with E-state index in [-0.39, 0.29) is 47.9 Å². The van der Waals surface area contributed by atoms with Crippen molar-refractivity contribution in [3.05, 3.63) is 0 Å². The monoisotopic (exact) mass is 610 g/mol. The van der Waals surface area contributed by atoms with Gasteiger partial charge in [0, 0.05) is 11.8 Å². The highest BCUT2D eigenvalue weighted by molar-refractivity contribution is 5.79. The Morgan fingerprint density at radius 3 is 1.90 bits per heavy atom. The molecule has 5 nitrogen and oxygen atoms in total. The molecule has 0 amide bonds. The van der Waals surface area contributed by atoms with Crippen LogP contribution in [-0.4, -0.2) is 53.4 Å². The Morgan fingerprint density at radius 2 is 1.44 bits per heavy atom. The predicted molar refractivity (Wildman–Crippen MR) is 124 cm³/mol. The second-order valence-electron chi connectivity index (χ2n) is 12.9. The van der Waals surface area contributed by atoms with Crippen LogP contribution in [0.15, 0.2) is 0 Å². The van der Waals surface area contributed by atoms with Crippen molar-refractivity contribution in [2.24, 2.45) is 52.8 Å². The first kappa shape index (κ1) is 32.2. The zero-order chi connectivity index (χ0) is 31.1. The van der Waals surface area contributed by atoms with Crippen LogP contribution in [0.1, 0.15) is 66.2 Å². The molecule has 14 heteroatoms. The molecule has 11 atom stereocenters. The topological polar surface area (TPSA) is 72.8 Å². The molecule has 5 aliphatic rings. The summed E-state index contributed by atoms with van der Waals surface area (Å²) in [5.74, 6) is -2.01. The van der Waals surface area contributed by atoms with E-state index in [9.17, 15) is 54.2 Å². The summed E-state index contributed by atoms with van der Waals surface area (Å²) in [5, 5.41) is 9.28. The summed E-state index contributed by atoms with van der Waals surface area (Å²) < 4.78 is 126. The van der Waals surface area contributed by atoms with E-state index < -0.39 is 60.1 Å². The Balaban J connectivity index is 0.000000189. The van der Waals surface area contributed by atoms with Gasteiger partial charge in [-0.05, 0) is 75.0 Å². The lowest BCUT2D eigenvalue weighted by molar-refractivity contribution is -0.373. The Bertz CT molecular complexity index is 1010. The van der Waals surface area contributed by atoms with Crippen LogP contribution in [0.4, 0.5) is 39.5 Å². The summed E-state index contributed by atoms with van der Waals surface area (Å²) in [6.45, 7) is 6.03. The van der Waals surface area contributed by atoms with Crippen molar-refractivity contribution < 1.29 is 63.7 Å². The zero-order valence-corrected chi connectivity index (χ0v) is 23.0. The van der Waals surface area contributed by atoms with Gasteiger partial charge in [-0.3, -0.25) is 9.59 Å². The molecule has 41 heavy (non-hydrogen) atoms. The Hall–Kier alpha value is -1.73. The fourth-order valence-electron chi connectivity index (χ4n) is 7.88.